The number of nitrogens with zero attached hydrogens (tertiary/aromatic N) is 3. The molecule has 0 N–H and O–H groups in total. The number of rotatable bonds is 7. The number of hydrogen-bond donors (Lipinski definition) is 0. The average molecular weight is 482 g/mol. The van der Waals surface area contributed by atoms with E-state index in [1.54, 1.807) is 28.4 Å². The minimum absolute atomic E-state index is 0.0863. The number of amides is 1. The van der Waals surface area contributed by atoms with Gasteiger partial charge in [0.15, 0.2) is 0 Å². The number of benzene rings is 2. The number of carbonyl (C=O) groups excluding carboxylic acids is 1. The van der Waals surface area contributed by atoms with Crippen LogP contribution in [0.15, 0.2) is 41.8 Å². The second kappa shape index (κ2) is 10.0. The number of aryl methyl sites for hydroxylation is 1. The van der Waals surface area contributed by atoms with Crippen LogP contribution in [0.2, 0.25) is 0 Å². The monoisotopic (exact) mass is 481 g/mol. The molecule has 2 aromatic carbocycles. The number of hydrogen-bond acceptors (Lipinski definition) is 5. The Hall–Kier alpha value is -2.48. The van der Waals surface area contributed by atoms with Crippen molar-refractivity contribution in [3.63, 3.8) is 0 Å². The van der Waals surface area contributed by atoms with Gasteiger partial charge in [-0.3, -0.25) is 14.6 Å². The first kappa shape index (κ1) is 23.3. The molecule has 0 atom stereocenters. The number of fused-ring (bicyclic) bond motifs is 2. The lowest BCUT2D eigenvalue weighted by Crippen LogP contribution is -2.47. The Bertz CT molecular complexity index is 1170. The molecule has 1 amide bonds. The molecule has 0 radical (unpaired) electrons. The molecule has 5 nitrogen and oxygen atoms in total. The lowest BCUT2D eigenvalue weighted by Gasteiger charge is -2.36. The predicted molar refractivity (Wildman–Crippen MR) is 137 cm³/mol. The van der Waals surface area contributed by atoms with Gasteiger partial charge in [0.1, 0.15) is 12.5 Å². The molecule has 7 heteroatoms. The third kappa shape index (κ3) is 4.97. The van der Waals surface area contributed by atoms with Gasteiger partial charge in [-0.05, 0) is 67.5 Å². The number of thiophene rings is 1. The largest absolute Gasteiger partial charge is 0.368 e. The summed E-state index contributed by atoms with van der Waals surface area (Å²) in [6, 6.07) is 11.9. The van der Waals surface area contributed by atoms with Crippen molar-refractivity contribution in [3.05, 3.63) is 58.7 Å². The van der Waals surface area contributed by atoms with Crippen LogP contribution < -0.4 is 9.80 Å². The van der Waals surface area contributed by atoms with E-state index in [2.05, 4.69) is 34.1 Å². The molecule has 1 fully saturated rings. The van der Waals surface area contributed by atoms with Crippen LogP contribution >= 0.6 is 11.3 Å². The summed E-state index contributed by atoms with van der Waals surface area (Å²) >= 11 is 1.59. The molecule has 0 unspecified atom stereocenters. The Morgan fingerprint density at radius 1 is 1.03 bits per heavy atom. The second-order valence-corrected chi connectivity index (χ2v) is 10.4. The van der Waals surface area contributed by atoms with Crippen LogP contribution in [0.1, 0.15) is 31.4 Å². The van der Waals surface area contributed by atoms with Crippen LogP contribution in [0.4, 0.5) is 15.8 Å². The van der Waals surface area contributed by atoms with Gasteiger partial charge in [0.05, 0.1) is 6.10 Å². The van der Waals surface area contributed by atoms with E-state index in [9.17, 15) is 9.18 Å². The zero-order chi connectivity index (χ0) is 23.7. The van der Waals surface area contributed by atoms with E-state index in [1.165, 1.54) is 11.1 Å². The molecule has 180 valence electrons. The summed E-state index contributed by atoms with van der Waals surface area (Å²) in [4.78, 5) is 19.1. The Balaban J connectivity index is 1.20. The first-order valence-corrected chi connectivity index (χ1v) is 13.0. The Labute approximate surface area is 204 Å². The summed E-state index contributed by atoms with van der Waals surface area (Å²) in [5.74, 6) is -0.0235. The highest BCUT2D eigenvalue weighted by atomic mass is 32.1. The fourth-order valence-electron chi connectivity index (χ4n) is 4.88. The summed E-state index contributed by atoms with van der Waals surface area (Å²) in [6.07, 6.45) is 2.37. The molecule has 0 bridgehead atoms. The van der Waals surface area contributed by atoms with E-state index < -0.39 is 0 Å². The van der Waals surface area contributed by atoms with E-state index in [1.807, 2.05) is 19.2 Å². The molecular formula is C27H32FN3O2S. The van der Waals surface area contributed by atoms with Crippen molar-refractivity contribution in [2.45, 2.75) is 39.2 Å². The highest BCUT2D eigenvalue weighted by molar-refractivity contribution is 7.17. The summed E-state index contributed by atoms with van der Waals surface area (Å²) in [5, 5.41) is 3.18. The molecule has 0 saturated carbocycles. The quantitative estimate of drug-likeness (QED) is 0.472. The first-order valence-electron chi connectivity index (χ1n) is 12.2. The summed E-state index contributed by atoms with van der Waals surface area (Å²) in [5.41, 5.74) is 4.48. The van der Waals surface area contributed by atoms with Crippen LogP contribution in [0, 0.1) is 5.82 Å². The summed E-state index contributed by atoms with van der Waals surface area (Å²) in [6.45, 7) is 8.97. The van der Waals surface area contributed by atoms with Gasteiger partial charge in [0.2, 0.25) is 5.91 Å². The van der Waals surface area contributed by atoms with Crippen molar-refractivity contribution in [1.82, 2.24) is 4.90 Å². The Morgan fingerprint density at radius 3 is 2.65 bits per heavy atom. The van der Waals surface area contributed by atoms with E-state index in [4.69, 9.17) is 4.74 Å². The normalized spacial score (nSPS) is 17.1. The maximum absolute atomic E-state index is 14.1. The number of anilines is 2. The van der Waals surface area contributed by atoms with Gasteiger partial charge < -0.3 is 9.64 Å². The standard InChI is InChI=1S/C27H32FN3O2S/c1-19(2)33-18-31-24-15-20(3-4-21(24)5-6-27(31)32)7-9-29-10-12-30(13-11-29)25-16-22(28)17-26-23(25)8-14-34-26/h3-4,8,14-17,19H,5-7,9-13,18H2,1-2H3. The average Bonchev–Trinajstić information content (AvgIpc) is 3.30. The lowest BCUT2D eigenvalue weighted by molar-refractivity contribution is -0.120. The van der Waals surface area contributed by atoms with Crippen LogP contribution in [-0.2, 0) is 22.4 Å². The molecule has 1 aromatic heterocycles. The topological polar surface area (TPSA) is 36.0 Å². The van der Waals surface area contributed by atoms with Gasteiger partial charge >= 0.3 is 0 Å². The summed E-state index contributed by atoms with van der Waals surface area (Å²) < 4.78 is 20.9. The molecule has 5 rings (SSSR count). The van der Waals surface area contributed by atoms with Crippen LogP contribution in [0.3, 0.4) is 0 Å². The van der Waals surface area contributed by atoms with Crippen molar-refractivity contribution in [3.8, 4) is 0 Å². The lowest BCUT2D eigenvalue weighted by atomic mass is 9.98. The van der Waals surface area contributed by atoms with E-state index in [-0.39, 0.29) is 17.8 Å². The molecule has 0 spiro atoms. The van der Waals surface area contributed by atoms with E-state index in [0.717, 1.165) is 67.0 Å². The van der Waals surface area contributed by atoms with Crippen LogP contribution in [0.25, 0.3) is 10.1 Å². The van der Waals surface area contributed by atoms with E-state index in [0.29, 0.717) is 13.2 Å². The zero-order valence-electron chi connectivity index (χ0n) is 19.9. The Kier molecular flexibility index (Phi) is 6.86. The predicted octanol–water partition coefficient (Wildman–Crippen LogP) is 5.07. The Morgan fingerprint density at radius 2 is 1.85 bits per heavy atom. The van der Waals surface area contributed by atoms with Gasteiger partial charge in [-0.15, -0.1) is 11.3 Å². The molecule has 2 aliphatic rings. The number of piperazine rings is 1. The first-order chi connectivity index (χ1) is 16.5. The van der Waals surface area contributed by atoms with Crippen molar-refractivity contribution >= 4 is 38.7 Å². The third-order valence-corrected chi connectivity index (χ3v) is 7.69. The summed E-state index contributed by atoms with van der Waals surface area (Å²) in [7, 11) is 0. The minimum atomic E-state index is -0.161. The molecular weight excluding hydrogens is 449 g/mol. The van der Waals surface area contributed by atoms with Gasteiger partial charge in [-0.25, -0.2) is 4.39 Å². The zero-order valence-corrected chi connectivity index (χ0v) is 20.7. The maximum Gasteiger partial charge on any atom is 0.229 e. The third-order valence-electron chi connectivity index (χ3n) is 6.83. The van der Waals surface area contributed by atoms with Crippen molar-refractivity contribution in [2.75, 3.05) is 49.3 Å². The van der Waals surface area contributed by atoms with Gasteiger partial charge in [-0.1, -0.05) is 12.1 Å². The van der Waals surface area contributed by atoms with Crippen molar-refractivity contribution in [1.29, 1.82) is 0 Å². The second-order valence-electron chi connectivity index (χ2n) is 9.47. The molecule has 3 heterocycles. The molecule has 1 saturated heterocycles. The van der Waals surface area contributed by atoms with Crippen molar-refractivity contribution in [2.24, 2.45) is 0 Å². The molecule has 2 aliphatic heterocycles. The SMILES string of the molecule is CC(C)OCN1C(=O)CCc2ccc(CCN3CCN(c4cc(F)cc5sccc45)CC3)cc21. The minimum Gasteiger partial charge on any atom is -0.368 e. The van der Waals surface area contributed by atoms with Gasteiger partial charge in [-0.2, -0.15) is 0 Å². The van der Waals surface area contributed by atoms with Crippen LogP contribution in [0.5, 0.6) is 0 Å². The maximum atomic E-state index is 14.1. The van der Waals surface area contributed by atoms with Crippen molar-refractivity contribution < 1.29 is 13.9 Å². The van der Waals surface area contributed by atoms with Gasteiger partial charge in [0.25, 0.3) is 0 Å². The molecule has 3 aromatic rings. The number of ether oxygens (including phenoxy) is 1. The highest BCUT2D eigenvalue weighted by Gasteiger charge is 2.25. The molecule has 34 heavy (non-hydrogen) atoms. The van der Waals surface area contributed by atoms with Crippen LogP contribution in [-0.4, -0.2) is 56.4 Å². The van der Waals surface area contributed by atoms with E-state index >= 15 is 0 Å². The fourth-order valence-corrected chi connectivity index (χ4v) is 5.72. The number of halogens is 1. The molecule has 0 aliphatic carbocycles. The fraction of sp³-hybridized carbons (Fsp3) is 0.444. The number of carbonyl (C=O) groups is 1. The highest BCUT2D eigenvalue weighted by Crippen LogP contribution is 2.33. The smallest absolute Gasteiger partial charge is 0.229 e. The van der Waals surface area contributed by atoms with Gasteiger partial charge in [0, 0.05) is 60.6 Å².